The third-order valence-corrected chi connectivity index (χ3v) is 12.1. The van der Waals surface area contributed by atoms with Crippen molar-refractivity contribution in [3.8, 4) is 27.9 Å². The summed E-state index contributed by atoms with van der Waals surface area (Å²) in [4.78, 5) is 2.57. The molecule has 7 aromatic carbocycles. The second kappa shape index (κ2) is 11.3. The molecule has 2 heterocycles. The summed E-state index contributed by atoms with van der Waals surface area (Å²) in [6.07, 6.45) is 5.20. The molecule has 8 aromatic rings. The number of nitrogens with zero attached hydrogens (tertiary/aromatic N) is 2. The molecule has 1 aliphatic heterocycles. The number of aromatic nitrogens is 1. The van der Waals surface area contributed by atoms with Crippen molar-refractivity contribution in [3.63, 3.8) is 0 Å². The van der Waals surface area contributed by atoms with Crippen LogP contribution in [0.2, 0.25) is 0 Å². The number of fused-ring (bicyclic) bond motifs is 9. The van der Waals surface area contributed by atoms with Gasteiger partial charge in [-0.15, -0.1) is 0 Å². The van der Waals surface area contributed by atoms with Crippen molar-refractivity contribution in [1.82, 2.24) is 4.57 Å². The Bertz CT molecular complexity index is 2780. The van der Waals surface area contributed by atoms with Crippen LogP contribution in [0.1, 0.15) is 36.5 Å². The SMILES string of the molecule is CC1(C)C2=CC3C(C=C2c2cc4c5ccccc5n(-c5ccc(-c6ccccc6)cc5)c4cc21)c1ccccc1N3c1ccc(-c2ccccc2)cc1. The van der Waals surface area contributed by atoms with Gasteiger partial charge in [0.2, 0.25) is 0 Å². The maximum absolute atomic E-state index is 2.60. The fraction of sp³-hybridized carbons (Fsp3) is 0.0980. The van der Waals surface area contributed by atoms with Crippen molar-refractivity contribution >= 4 is 38.8 Å². The first-order chi connectivity index (χ1) is 26.0. The first-order valence-electron chi connectivity index (χ1n) is 18.8. The molecule has 0 saturated carbocycles. The Morgan fingerprint density at radius 2 is 1.08 bits per heavy atom. The van der Waals surface area contributed by atoms with E-state index in [1.54, 1.807) is 0 Å². The van der Waals surface area contributed by atoms with Gasteiger partial charge in [-0.3, -0.25) is 0 Å². The number of hydrogen-bond acceptors (Lipinski definition) is 1. The summed E-state index contributed by atoms with van der Waals surface area (Å²) in [5.74, 6) is 0.265. The lowest BCUT2D eigenvalue weighted by atomic mass is 9.77. The minimum atomic E-state index is -0.156. The molecule has 11 rings (SSSR count). The van der Waals surface area contributed by atoms with E-state index >= 15 is 0 Å². The smallest absolute Gasteiger partial charge is 0.0632 e. The van der Waals surface area contributed by atoms with Gasteiger partial charge in [0.1, 0.15) is 0 Å². The van der Waals surface area contributed by atoms with Crippen molar-refractivity contribution in [1.29, 1.82) is 0 Å². The maximum Gasteiger partial charge on any atom is 0.0632 e. The first kappa shape index (κ1) is 30.3. The van der Waals surface area contributed by atoms with Crippen LogP contribution in [0, 0.1) is 0 Å². The molecule has 252 valence electrons. The van der Waals surface area contributed by atoms with Gasteiger partial charge in [0.05, 0.1) is 17.1 Å². The molecular formula is C51H38N2. The number of hydrogen-bond donors (Lipinski definition) is 0. The van der Waals surface area contributed by atoms with Crippen LogP contribution in [0.4, 0.5) is 11.4 Å². The number of benzene rings is 7. The molecule has 2 unspecified atom stereocenters. The van der Waals surface area contributed by atoms with Gasteiger partial charge in [-0.05, 0) is 98.6 Å². The Kier molecular flexibility index (Phi) is 6.46. The molecule has 2 atom stereocenters. The van der Waals surface area contributed by atoms with E-state index in [1.165, 1.54) is 89.0 Å². The Hall–Kier alpha value is -6.38. The lowest BCUT2D eigenvalue weighted by molar-refractivity contribution is 0.639. The Morgan fingerprint density at radius 1 is 0.491 bits per heavy atom. The molecule has 53 heavy (non-hydrogen) atoms. The monoisotopic (exact) mass is 678 g/mol. The number of anilines is 2. The minimum absolute atomic E-state index is 0.156. The molecule has 2 heteroatoms. The van der Waals surface area contributed by atoms with Crippen molar-refractivity contribution in [2.75, 3.05) is 4.90 Å². The quantitative estimate of drug-likeness (QED) is 0.180. The summed E-state index contributed by atoms with van der Waals surface area (Å²) < 4.78 is 2.46. The molecule has 0 fully saturated rings. The van der Waals surface area contributed by atoms with E-state index in [0.717, 1.165) is 0 Å². The summed E-state index contributed by atoms with van der Waals surface area (Å²) in [6, 6.07) is 62.6. The van der Waals surface area contributed by atoms with E-state index in [9.17, 15) is 0 Å². The van der Waals surface area contributed by atoms with Gasteiger partial charge in [0, 0.05) is 39.2 Å². The molecule has 0 amide bonds. The third-order valence-electron chi connectivity index (χ3n) is 12.1. The average Bonchev–Trinajstić information content (AvgIpc) is 3.80. The van der Waals surface area contributed by atoms with Gasteiger partial charge >= 0.3 is 0 Å². The largest absolute Gasteiger partial charge is 0.333 e. The molecular weight excluding hydrogens is 641 g/mol. The second-order valence-electron chi connectivity index (χ2n) is 15.3. The Labute approximate surface area is 310 Å². The highest BCUT2D eigenvalue weighted by Gasteiger charge is 2.46. The molecule has 2 nitrogen and oxygen atoms in total. The number of para-hydroxylation sites is 2. The van der Waals surface area contributed by atoms with Crippen LogP contribution in [-0.2, 0) is 5.41 Å². The molecule has 1 aromatic heterocycles. The summed E-state index contributed by atoms with van der Waals surface area (Å²) in [7, 11) is 0. The Morgan fingerprint density at radius 3 is 1.77 bits per heavy atom. The first-order valence-corrected chi connectivity index (χ1v) is 18.8. The van der Waals surface area contributed by atoms with Gasteiger partial charge in [-0.2, -0.15) is 0 Å². The molecule has 0 bridgehead atoms. The van der Waals surface area contributed by atoms with E-state index in [0.29, 0.717) is 0 Å². The van der Waals surface area contributed by atoms with E-state index in [-0.39, 0.29) is 17.4 Å². The highest BCUT2D eigenvalue weighted by Crippen LogP contribution is 2.58. The summed E-state index contributed by atoms with van der Waals surface area (Å²) >= 11 is 0. The summed E-state index contributed by atoms with van der Waals surface area (Å²) in [5, 5.41) is 2.59. The van der Waals surface area contributed by atoms with Gasteiger partial charge in [0.15, 0.2) is 0 Å². The second-order valence-corrected chi connectivity index (χ2v) is 15.3. The normalized spacial score (nSPS) is 18.0. The molecule has 2 aliphatic carbocycles. The lowest BCUT2D eigenvalue weighted by Crippen LogP contribution is -2.31. The molecule has 0 saturated heterocycles. The van der Waals surface area contributed by atoms with Crippen molar-refractivity contribution in [2.24, 2.45) is 0 Å². The lowest BCUT2D eigenvalue weighted by Gasteiger charge is -2.33. The van der Waals surface area contributed by atoms with E-state index in [1.807, 2.05) is 0 Å². The topological polar surface area (TPSA) is 8.17 Å². The zero-order valence-electron chi connectivity index (χ0n) is 29.9. The molecule has 0 spiro atoms. The van der Waals surface area contributed by atoms with Crippen LogP contribution in [-0.4, -0.2) is 10.6 Å². The fourth-order valence-electron chi connectivity index (χ4n) is 9.54. The Balaban J connectivity index is 1.05. The van der Waals surface area contributed by atoms with E-state index in [4.69, 9.17) is 0 Å². The van der Waals surface area contributed by atoms with Crippen LogP contribution in [0.25, 0.3) is 55.3 Å². The predicted octanol–water partition coefficient (Wildman–Crippen LogP) is 13.0. The van der Waals surface area contributed by atoms with Crippen LogP contribution in [0.5, 0.6) is 0 Å². The minimum Gasteiger partial charge on any atom is -0.333 e. The third kappa shape index (κ3) is 4.45. The van der Waals surface area contributed by atoms with Crippen molar-refractivity contribution < 1.29 is 0 Å². The number of rotatable bonds is 4. The van der Waals surface area contributed by atoms with E-state index < -0.39 is 0 Å². The van der Waals surface area contributed by atoms with Gasteiger partial charge in [0.25, 0.3) is 0 Å². The fourth-order valence-corrected chi connectivity index (χ4v) is 9.54. The van der Waals surface area contributed by atoms with Crippen LogP contribution >= 0.6 is 0 Å². The van der Waals surface area contributed by atoms with Crippen LogP contribution in [0.3, 0.4) is 0 Å². The van der Waals surface area contributed by atoms with Crippen LogP contribution in [0.15, 0.2) is 188 Å². The summed E-state index contributed by atoms with van der Waals surface area (Å²) in [5.41, 5.74) is 18.0. The molecule has 0 radical (unpaired) electrons. The number of allylic oxidation sites excluding steroid dienone is 2. The summed E-state index contributed by atoms with van der Waals surface area (Å²) in [6.45, 7) is 4.85. The van der Waals surface area contributed by atoms with Crippen molar-refractivity contribution in [3.05, 3.63) is 204 Å². The van der Waals surface area contributed by atoms with Gasteiger partial charge < -0.3 is 9.47 Å². The molecule has 3 aliphatic rings. The highest BCUT2D eigenvalue weighted by atomic mass is 15.2. The standard InChI is InChI=1S/C51H38N2/c1-51(2)45-31-49-43(39-17-9-11-19-47(39)52(49)37-25-21-35(22-26-37)33-13-5-3-6-14-33)29-41(45)42-30-44-40-18-10-12-20-48(40)53(50(44)32-46(42)51)38-27-23-36(24-28-38)34-15-7-4-8-16-34/h3-32,43,49H,1-2H3. The molecule has 0 N–H and O–H groups in total. The average molecular weight is 679 g/mol. The zero-order chi connectivity index (χ0) is 35.3. The van der Waals surface area contributed by atoms with E-state index in [2.05, 4.69) is 205 Å². The highest BCUT2D eigenvalue weighted by molar-refractivity contribution is 6.12. The van der Waals surface area contributed by atoms with Gasteiger partial charge in [-0.1, -0.05) is 147 Å². The van der Waals surface area contributed by atoms with Crippen LogP contribution < -0.4 is 4.90 Å². The van der Waals surface area contributed by atoms with Crippen molar-refractivity contribution in [2.45, 2.75) is 31.2 Å². The predicted molar refractivity (Wildman–Crippen MR) is 222 cm³/mol. The zero-order valence-corrected chi connectivity index (χ0v) is 29.9. The maximum atomic E-state index is 2.60. The van der Waals surface area contributed by atoms with Gasteiger partial charge in [-0.25, -0.2) is 0 Å².